The molecule has 1 unspecified atom stereocenters. The molecule has 0 saturated heterocycles. The highest BCUT2D eigenvalue weighted by molar-refractivity contribution is 5.29. The van der Waals surface area contributed by atoms with Crippen molar-refractivity contribution in [3.05, 3.63) is 29.8 Å². The van der Waals surface area contributed by atoms with Crippen molar-refractivity contribution in [2.75, 3.05) is 13.7 Å². The monoisotopic (exact) mass is 210 g/mol. The molecule has 0 spiro atoms. The van der Waals surface area contributed by atoms with Gasteiger partial charge >= 0.3 is 0 Å². The third-order valence-electron chi connectivity index (χ3n) is 2.07. The summed E-state index contributed by atoms with van der Waals surface area (Å²) in [6, 6.07) is 7.37. The van der Waals surface area contributed by atoms with Gasteiger partial charge in [-0.2, -0.15) is 0 Å². The predicted molar refractivity (Wildman–Crippen MR) is 59.0 cm³/mol. The van der Waals surface area contributed by atoms with Crippen molar-refractivity contribution in [3.63, 3.8) is 0 Å². The molecule has 0 fully saturated rings. The normalized spacial score (nSPS) is 12.9. The minimum absolute atomic E-state index is 0.130. The second kappa shape index (κ2) is 5.73. The summed E-state index contributed by atoms with van der Waals surface area (Å²) in [5.74, 6) is 0.746. The first-order valence-electron chi connectivity index (χ1n) is 5.07. The highest BCUT2D eigenvalue weighted by atomic mass is 16.5. The fraction of sp³-hybridized carbons (Fsp3) is 0.500. The average molecular weight is 210 g/mol. The van der Waals surface area contributed by atoms with Gasteiger partial charge < -0.3 is 14.6 Å². The molecule has 0 heterocycles. The second-order valence-corrected chi connectivity index (χ2v) is 3.67. The number of hydrogen-bond donors (Lipinski definition) is 1. The molecule has 1 aromatic carbocycles. The Bertz CT molecular complexity index is 297. The van der Waals surface area contributed by atoms with Crippen LogP contribution in [0.2, 0.25) is 0 Å². The van der Waals surface area contributed by atoms with Gasteiger partial charge in [0, 0.05) is 0 Å². The third-order valence-corrected chi connectivity index (χ3v) is 2.07. The third kappa shape index (κ3) is 3.90. The van der Waals surface area contributed by atoms with E-state index in [1.165, 1.54) is 0 Å². The molecule has 1 rings (SSSR count). The van der Waals surface area contributed by atoms with Gasteiger partial charge in [-0.05, 0) is 31.5 Å². The molecular formula is C12H18O3. The summed E-state index contributed by atoms with van der Waals surface area (Å²) in [7, 11) is 1.61. The number of methoxy groups -OCH3 is 1. The van der Waals surface area contributed by atoms with Crippen LogP contribution in [0.4, 0.5) is 0 Å². The van der Waals surface area contributed by atoms with Gasteiger partial charge in [-0.25, -0.2) is 0 Å². The summed E-state index contributed by atoms with van der Waals surface area (Å²) in [5, 5.41) is 9.81. The Balaban J connectivity index is 2.60. The van der Waals surface area contributed by atoms with Gasteiger partial charge in [0.15, 0.2) is 0 Å². The molecule has 0 amide bonds. The first kappa shape index (κ1) is 12.0. The first-order chi connectivity index (χ1) is 7.13. The summed E-state index contributed by atoms with van der Waals surface area (Å²) < 4.78 is 10.4. The van der Waals surface area contributed by atoms with Crippen LogP contribution in [0, 0.1) is 0 Å². The van der Waals surface area contributed by atoms with Crippen molar-refractivity contribution < 1.29 is 14.6 Å². The Morgan fingerprint density at radius 1 is 1.33 bits per heavy atom. The van der Waals surface area contributed by atoms with E-state index in [0.29, 0.717) is 6.61 Å². The smallest absolute Gasteiger partial charge is 0.119 e. The number of rotatable bonds is 5. The number of hydrogen-bond acceptors (Lipinski definition) is 3. The standard InChI is InChI=1S/C12H18O3/c1-9(2)15-8-12(13)10-5-4-6-11(7-10)14-3/h4-7,9,12-13H,8H2,1-3H3. The van der Waals surface area contributed by atoms with E-state index in [1.54, 1.807) is 7.11 Å². The Labute approximate surface area is 90.6 Å². The Kier molecular flexibility index (Phi) is 4.59. The van der Waals surface area contributed by atoms with Gasteiger partial charge in [-0.15, -0.1) is 0 Å². The van der Waals surface area contributed by atoms with Gasteiger partial charge in [0.2, 0.25) is 0 Å². The SMILES string of the molecule is COc1cccc(C(O)COC(C)C)c1. The molecule has 0 saturated carbocycles. The summed E-state index contributed by atoms with van der Waals surface area (Å²) >= 11 is 0. The van der Waals surface area contributed by atoms with E-state index < -0.39 is 6.10 Å². The van der Waals surface area contributed by atoms with Crippen LogP contribution < -0.4 is 4.74 Å². The van der Waals surface area contributed by atoms with E-state index in [2.05, 4.69) is 0 Å². The molecule has 0 aromatic heterocycles. The van der Waals surface area contributed by atoms with Crippen molar-refractivity contribution in [3.8, 4) is 5.75 Å². The van der Waals surface area contributed by atoms with E-state index in [9.17, 15) is 5.11 Å². The lowest BCUT2D eigenvalue weighted by Gasteiger charge is -2.14. The molecule has 1 aromatic rings. The molecule has 15 heavy (non-hydrogen) atoms. The fourth-order valence-electron chi connectivity index (χ4n) is 1.23. The van der Waals surface area contributed by atoms with E-state index in [4.69, 9.17) is 9.47 Å². The minimum atomic E-state index is -0.595. The van der Waals surface area contributed by atoms with Crippen molar-refractivity contribution in [2.45, 2.75) is 26.1 Å². The summed E-state index contributed by atoms with van der Waals surface area (Å²) in [5.41, 5.74) is 0.815. The molecule has 1 atom stereocenters. The molecule has 1 N–H and O–H groups in total. The first-order valence-corrected chi connectivity index (χ1v) is 5.07. The topological polar surface area (TPSA) is 38.7 Å². The number of benzene rings is 1. The lowest BCUT2D eigenvalue weighted by molar-refractivity contribution is 0.00487. The molecule has 0 aliphatic rings. The quantitative estimate of drug-likeness (QED) is 0.809. The van der Waals surface area contributed by atoms with Crippen LogP contribution in [0.3, 0.4) is 0 Å². The minimum Gasteiger partial charge on any atom is -0.497 e. The Hall–Kier alpha value is -1.06. The molecule has 3 nitrogen and oxygen atoms in total. The van der Waals surface area contributed by atoms with Crippen LogP contribution in [0.5, 0.6) is 5.75 Å². The van der Waals surface area contributed by atoms with Crippen molar-refractivity contribution in [1.82, 2.24) is 0 Å². The van der Waals surface area contributed by atoms with Crippen LogP contribution in [-0.4, -0.2) is 24.9 Å². The highest BCUT2D eigenvalue weighted by Crippen LogP contribution is 2.19. The van der Waals surface area contributed by atoms with Gasteiger partial charge in [0.05, 0.1) is 19.8 Å². The highest BCUT2D eigenvalue weighted by Gasteiger charge is 2.09. The van der Waals surface area contributed by atoms with E-state index in [0.717, 1.165) is 11.3 Å². The molecular weight excluding hydrogens is 192 g/mol. The lowest BCUT2D eigenvalue weighted by Crippen LogP contribution is -2.11. The number of aliphatic hydroxyl groups is 1. The molecule has 0 radical (unpaired) electrons. The molecule has 0 aliphatic heterocycles. The summed E-state index contributed by atoms with van der Waals surface area (Å²) in [6.45, 7) is 4.20. The maximum absolute atomic E-state index is 9.81. The fourth-order valence-corrected chi connectivity index (χ4v) is 1.23. The zero-order valence-corrected chi connectivity index (χ0v) is 9.43. The van der Waals surface area contributed by atoms with E-state index in [-0.39, 0.29) is 6.10 Å². The molecule has 0 aliphatic carbocycles. The second-order valence-electron chi connectivity index (χ2n) is 3.67. The molecule has 0 bridgehead atoms. The largest absolute Gasteiger partial charge is 0.497 e. The number of ether oxygens (including phenoxy) is 2. The van der Waals surface area contributed by atoms with Gasteiger partial charge in [0.1, 0.15) is 11.9 Å². The van der Waals surface area contributed by atoms with Crippen LogP contribution >= 0.6 is 0 Å². The van der Waals surface area contributed by atoms with Crippen LogP contribution in [-0.2, 0) is 4.74 Å². The summed E-state index contributed by atoms with van der Waals surface area (Å²) in [4.78, 5) is 0. The van der Waals surface area contributed by atoms with Crippen LogP contribution in [0.15, 0.2) is 24.3 Å². The summed E-state index contributed by atoms with van der Waals surface area (Å²) in [6.07, 6.45) is -0.465. The van der Waals surface area contributed by atoms with Gasteiger partial charge in [0.25, 0.3) is 0 Å². The van der Waals surface area contributed by atoms with Crippen molar-refractivity contribution in [2.24, 2.45) is 0 Å². The molecule has 84 valence electrons. The Morgan fingerprint density at radius 3 is 2.67 bits per heavy atom. The van der Waals surface area contributed by atoms with Crippen molar-refractivity contribution >= 4 is 0 Å². The van der Waals surface area contributed by atoms with E-state index >= 15 is 0 Å². The average Bonchev–Trinajstić information content (AvgIpc) is 2.26. The van der Waals surface area contributed by atoms with Crippen LogP contribution in [0.1, 0.15) is 25.5 Å². The Morgan fingerprint density at radius 2 is 2.07 bits per heavy atom. The van der Waals surface area contributed by atoms with Crippen LogP contribution in [0.25, 0.3) is 0 Å². The maximum Gasteiger partial charge on any atom is 0.119 e. The lowest BCUT2D eigenvalue weighted by atomic mass is 10.1. The zero-order chi connectivity index (χ0) is 11.3. The predicted octanol–water partition coefficient (Wildman–Crippen LogP) is 2.15. The van der Waals surface area contributed by atoms with Gasteiger partial charge in [-0.1, -0.05) is 12.1 Å². The van der Waals surface area contributed by atoms with E-state index in [1.807, 2.05) is 38.1 Å². The number of aliphatic hydroxyl groups excluding tert-OH is 1. The van der Waals surface area contributed by atoms with Gasteiger partial charge in [-0.3, -0.25) is 0 Å². The zero-order valence-electron chi connectivity index (χ0n) is 9.43. The molecule has 3 heteroatoms. The maximum atomic E-state index is 9.81. The van der Waals surface area contributed by atoms with Crippen molar-refractivity contribution in [1.29, 1.82) is 0 Å².